The average Bonchev–Trinajstić information content (AvgIpc) is 3.16. The van der Waals surface area contributed by atoms with Gasteiger partial charge >= 0.3 is 0 Å². The van der Waals surface area contributed by atoms with Gasteiger partial charge in [-0.25, -0.2) is 8.42 Å². The predicted molar refractivity (Wildman–Crippen MR) is 127 cm³/mol. The van der Waals surface area contributed by atoms with Crippen LogP contribution in [-0.2, 0) is 26.0 Å². The van der Waals surface area contributed by atoms with Crippen LogP contribution in [0.1, 0.15) is 24.5 Å². The fourth-order valence-electron chi connectivity index (χ4n) is 4.02. The largest absolute Gasteiger partial charge is 0.489 e. The first-order valence-corrected chi connectivity index (χ1v) is 12.8. The van der Waals surface area contributed by atoms with E-state index in [1.807, 2.05) is 18.2 Å². The molecule has 4 rings (SSSR count). The van der Waals surface area contributed by atoms with E-state index in [0.29, 0.717) is 22.9 Å². The number of nitriles is 1. The minimum atomic E-state index is -3.33. The standard InChI is InChI=1S/C25H21ClN2O5S/c1-16-22(24(29)28(25(30)23(16)13-27)20-9-10-34(31,32)15-20)12-18-3-2-4-21(11-18)33-14-17-5-7-19(26)8-6-17/h2-8,11-12,20H,9-10,14-15H2,1H3. The summed E-state index contributed by atoms with van der Waals surface area (Å²) in [5.41, 5.74) is 1.86. The molecule has 9 heteroatoms. The highest BCUT2D eigenvalue weighted by atomic mass is 35.5. The normalized spacial score (nSPS) is 21.1. The summed E-state index contributed by atoms with van der Waals surface area (Å²) in [4.78, 5) is 27.1. The number of amides is 2. The second-order valence-corrected chi connectivity index (χ2v) is 10.9. The summed E-state index contributed by atoms with van der Waals surface area (Å²) in [6.45, 7) is 1.87. The Kier molecular flexibility index (Phi) is 6.60. The molecule has 1 fully saturated rings. The van der Waals surface area contributed by atoms with Crippen molar-refractivity contribution in [2.45, 2.75) is 26.0 Å². The molecule has 174 valence electrons. The maximum atomic E-state index is 13.3. The van der Waals surface area contributed by atoms with Crippen LogP contribution >= 0.6 is 11.6 Å². The number of rotatable bonds is 5. The number of ether oxygens (including phenoxy) is 1. The van der Waals surface area contributed by atoms with Gasteiger partial charge in [0, 0.05) is 10.6 Å². The van der Waals surface area contributed by atoms with E-state index in [2.05, 4.69) is 0 Å². The molecule has 34 heavy (non-hydrogen) atoms. The molecule has 0 radical (unpaired) electrons. The maximum absolute atomic E-state index is 13.3. The Balaban J connectivity index is 1.63. The van der Waals surface area contributed by atoms with Gasteiger partial charge in [-0.2, -0.15) is 5.26 Å². The third-order valence-corrected chi connectivity index (χ3v) is 7.84. The van der Waals surface area contributed by atoms with Crippen LogP contribution in [0.15, 0.2) is 65.3 Å². The molecule has 1 saturated heterocycles. The first-order chi connectivity index (χ1) is 16.2. The lowest BCUT2D eigenvalue weighted by atomic mass is 9.92. The zero-order chi connectivity index (χ0) is 24.5. The van der Waals surface area contributed by atoms with Crippen molar-refractivity contribution in [1.82, 2.24) is 4.90 Å². The molecule has 0 bridgehead atoms. The Morgan fingerprint density at radius 1 is 1.18 bits per heavy atom. The summed E-state index contributed by atoms with van der Waals surface area (Å²) in [7, 11) is -3.33. The van der Waals surface area contributed by atoms with E-state index < -0.39 is 27.7 Å². The number of nitrogens with zero attached hydrogens (tertiary/aromatic N) is 2. The number of benzene rings is 2. The first kappa shape index (κ1) is 23.7. The Hall–Kier alpha value is -3.41. The lowest BCUT2D eigenvalue weighted by molar-refractivity contribution is -0.142. The Morgan fingerprint density at radius 3 is 2.56 bits per heavy atom. The second-order valence-electron chi connectivity index (χ2n) is 8.19. The number of hydrogen-bond acceptors (Lipinski definition) is 6. The third-order valence-electron chi connectivity index (χ3n) is 5.83. The summed E-state index contributed by atoms with van der Waals surface area (Å²) in [5.74, 6) is -1.15. The predicted octanol–water partition coefficient (Wildman–Crippen LogP) is 3.70. The molecule has 1 unspecified atom stereocenters. The van der Waals surface area contributed by atoms with Gasteiger partial charge in [0.2, 0.25) is 0 Å². The topological polar surface area (TPSA) is 105 Å². The highest BCUT2D eigenvalue weighted by Gasteiger charge is 2.43. The molecule has 2 aromatic carbocycles. The fraction of sp³-hybridized carbons (Fsp3) is 0.240. The van der Waals surface area contributed by atoms with Gasteiger partial charge < -0.3 is 4.74 Å². The summed E-state index contributed by atoms with van der Waals surface area (Å²) in [6, 6.07) is 15.5. The lowest BCUT2D eigenvalue weighted by Crippen LogP contribution is -2.49. The van der Waals surface area contributed by atoms with Crippen molar-refractivity contribution < 1.29 is 22.7 Å². The molecule has 0 aliphatic carbocycles. The molecule has 2 aromatic rings. The molecule has 0 aromatic heterocycles. The SMILES string of the molecule is CC1=C(C#N)C(=O)N(C2CCS(=O)(=O)C2)C(=O)C1=Cc1cccc(OCc2ccc(Cl)cc2)c1. The lowest BCUT2D eigenvalue weighted by Gasteiger charge is -2.31. The van der Waals surface area contributed by atoms with Crippen molar-refractivity contribution in [2.75, 3.05) is 11.5 Å². The number of hydrogen-bond donors (Lipinski definition) is 0. The zero-order valence-corrected chi connectivity index (χ0v) is 19.9. The van der Waals surface area contributed by atoms with Gasteiger partial charge in [0.05, 0.1) is 17.5 Å². The van der Waals surface area contributed by atoms with Crippen LogP contribution in [0, 0.1) is 11.3 Å². The highest BCUT2D eigenvalue weighted by Crippen LogP contribution is 2.31. The molecule has 0 saturated carbocycles. The van der Waals surface area contributed by atoms with Gasteiger partial charge in [-0.1, -0.05) is 35.9 Å². The van der Waals surface area contributed by atoms with E-state index in [9.17, 15) is 23.3 Å². The molecule has 1 atom stereocenters. The summed E-state index contributed by atoms with van der Waals surface area (Å²) in [6.07, 6.45) is 1.76. The average molecular weight is 497 g/mol. The van der Waals surface area contributed by atoms with Crippen molar-refractivity contribution in [3.05, 3.63) is 81.4 Å². The summed E-state index contributed by atoms with van der Waals surface area (Å²) in [5, 5.41) is 10.2. The van der Waals surface area contributed by atoms with Gasteiger partial charge in [0.1, 0.15) is 24.0 Å². The molecule has 7 nitrogen and oxygen atoms in total. The van der Waals surface area contributed by atoms with Crippen LogP contribution in [0.3, 0.4) is 0 Å². The number of carbonyl (C=O) groups excluding carboxylic acids is 2. The molecule has 2 aliphatic rings. The third kappa shape index (κ3) is 4.91. The van der Waals surface area contributed by atoms with Gasteiger partial charge in [0.15, 0.2) is 9.84 Å². The van der Waals surface area contributed by atoms with Gasteiger partial charge in [-0.3, -0.25) is 14.5 Å². The van der Waals surface area contributed by atoms with Crippen LogP contribution in [0.25, 0.3) is 6.08 Å². The van der Waals surface area contributed by atoms with Crippen molar-refractivity contribution in [1.29, 1.82) is 5.26 Å². The Labute approximate surface area is 202 Å². The number of halogens is 1. The second kappa shape index (κ2) is 9.45. The zero-order valence-electron chi connectivity index (χ0n) is 18.3. The van der Waals surface area contributed by atoms with Crippen LogP contribution in [0.2, 0.25) is 5.02 Å². The van der Waals surface area contributed by atoms with Crippen LogP contribution < -0.4 is 4.74 Å². The van der Waals surface area contributed by atoms with Crippen molar-refractivity contribution in [3.63, 3.8) is 0 Å². The van der Waals surface area contributed by atoms with E-state index in [4.69, 9.17) is 16.3 Å². The molecule has 0 spiro atoms. The van der Waals surface area contributed by atoms with Gasteiger partial charge in [-0.05, 0) is 60.4 Å². The van der Waals surface area contributed by atoms with Crippen LogP contribution in [-0.4, -0.2) is 42.7 Å². The monoisotopic (exact) mass is 496 g/mol. The van der Waals surface area contributed by atoms with E-state index >= 15 is 0 Å². The molecule has 2 amide bonds. The summed E-state index contributed by atoms with van der Waals surface area (Å²) >= 11 is 5.91. The first-order valence-electron chi connectivity index (χ1n) is 10.6. The van der Waals surface area contributed by atoms with Crippen molar-refractivity contribution in [2.24, 2.45) is 0 Å². The maximum Gasteiger partial charge on any atom is 0.271 e. The van der Waals surface area contributed by atoms with Gasteiger partial charge in [-0.15, -0.1) is 0 Å². The van der Waals surface area contributed by atoms with Gasteiger partial charge in [0.25, 0.3) is 11.8 Å². The fourth-order valence-corrected chi connectivity index (χ4v) is 5.84. The number of carbonyl (C=O) groups is 2. The van der Waals surface area contributed by atoms with E-state index in [-0.39, 0.29) is 34.6 Å². The molecule has 2 heterocycles. The quantitative estimate of drug-likeness (QED) is 0.461. The van der Waals surface area contributed by atoms with Crippen LogP contribution in [0.5, 0.6) is 5.75 Å². The van der Waals surface area contributed by atoms with Crippen LogP contribution in [0.4, 0.5) is 0 Å². The minimum absolute atomic E-state index is 0.0919. The molecular formula is C25H21ClN2O5S. The minimum Gasteiger partial charge on any atom is -0.489 e. The van der Waals surface area contributed by atoms with E-state index in [1.54, 1.807) is 49.4 Å². The molecular weight excluding hydrogens is 476 g/mol. The highest BCUT2D eigenvalue weighted by molar-refractivity contribution is 7.91. The summed E-state index contributed by atoms with van der Waals surface area (Å²) < 4.78 is 29.7. The molecule has 0 N–H and O–H groups in total. The molecule has 2 aliphatic heterocycles. The Morgan fingerprint density at radius 2 is 1.91 bits per heavy atom. The number of imide groups is 1. The van der Waals surface area contributed by atoms with E-state index in [0.717, 1.165) is 10.5 Å². The number of sulfone groups is 1. The van der Waals surface area contributed by atoms with E-state index in [1.165, 1.54) is 0 Å². The van der Waals surface area contributed by atoms with Crippen molar-refractivity contribution >= 4 is 39.3 Å². The van der Waals surface area contributed by atoms with Crippen molar-refractivity contribution in [3.8, 4) is 11.8 Å². The smallest absolute Gasteiger partial charge is 0.271 e. The Bertz CT molecular complexity index is 1370.